The molecule has 6 rings (SSSR count). The maximum Gasteiger partial charge on any atom is 0.306 e. The molecule has 6 fully saturated rings. The molecule has 0 unspecified atom stereocenters. The molecule has 156 valence electrons. The minimum absolute atomic E-state index is 0. The lowest BCUT2D eigenvalue weighted by molar-refractivity contribution is -0.148. The molecule has 6 aliphatic heterocycles. The smallest absolute Gasteiger partial charge is 0.306 e. The van der Waals surface area contributed by atoms with Crippen molar-refractivity contribution >= 4 is 24.3 Å². The van der Waals surface area contributed by atoms with Crippen molar-refractivity contribution in [1.29, 1.82) is 0 Å². The highest BCUT2D eigenvalue weighted by molar-refractivity contribution is 5.85. The van der Waals surface area contributed by atoms with Crippen LogP contribution in [-0.4, -0.2) is 72.7 Å². The number of esters is 1. The SMILES string of the molecule is CCOC(=O)CC12CCN(CC1)CC2.Cl.O=C(O)CC12CCN(CC1)CC2. The largest absolute Gasteiger partial charge is 0.481 e. The summed E-state index contributed by atoms with van der Waals surface area (Å²) in [5.74, 6) is -0.617. The summed E-state index contributed by atoms with van der Waals surface area (Å²) in [5, 5.41) is 8.77. The topological polar surface area (TPSA) is 70.1 Å². The summed E-state index contributed by atoms with van der Waals surface area (Å²) in [6.07, 6.45) is 7.89. The van der Waals surface area contributed by atoms with Crippen LogP contribution in [0.4, 0.5) is 0 Å². The molecular formula is C20H35ClN2O4. The minimum Gasteiger partial charge on any atom is -0.481 e. The molecule has 6 heterocycles. The first-order chi connectivity index (χ1) is 12.4. The lowest BCUT2D eigenvalue weighted by atomic mass is 9.70. The molecule has 6 nitrogen and oxygen atoms in total. The van der Waals surface area contributed by atoms with Crippen molar-refractivity contribution in [2.75, 3.05) is 45.9 Å². The van der Waals surface area contributed by atoms with Crippen LogP contribution < -0.4 is 0 Å². The molecule has 0 atom stereocenters. The first-order valence-corrected chi connectivity index (χ1v) is 10.3. The van der Waals surface area contributed by atoms with Crippen LogP contribution in [0.5, 0.6) is 0 Å². The number of nitrogens with zero attached hydrogens (tertiary/aromatic N) is 2. The number of hydrogen-bond acceptors (Lipinski definition) is 5. The van der Waals surface area contributed by atoms with Gasteiger partial charge < -0.3 is 19.6 Å². The van der Waals surface area contributed by atoms with Crippen LogP contribution in [0.3, 0.4) is 0 Å². The number of carbonyl (C=O) groups is 2. The standard InChI is InChI=1S/C11H19NO2.C9H15NO2.ClH/c1-2-14-10(13)9-11-3-6-12(7-4-11)8-5-11;11-8(12)7-9-1-4-10(5-2-9)6-3-9;/h2-9H2,1H3;1-7H2,(H,11,12);1H. The van der Waals surface area contributed by atoms with Gasteiger partial charge in [0.15, 0.2) is 0 Å². The Morgan fingerprint density at radius 3 is 1.52 bits per heavy atom. The molecule has 6 saturated heterocycles. The van der Waals surface area contributed by atoms with Gasteiger partial charge in [0.1, 0.15) is 0 Å². The fourth-order valence-electron chi connectivity index (χ4n) is 5.16. The van der Waals surface area contributed by atoms with Gasteiger partial charge in [-0.2, -0.15) is 0 Å². The number of fused-ring (bicyclic) bond motifs is 6. The van der Waals surface area contributed by atoms with Gasteiger partial charge in [-0.15, -0.1) is 12.4 Å². The van der Waals surface area contributed by atoms with Gasteiger partial charge in [-0.05, 0) is 95.5 Å². The molecular weight excluding hydrogens is 368 g/mol. The third-order valence-electron chi connectivity index (χ3n) is 7.10. The number of carboxylic acid groups (broad SMARTS) is 1. The number of halogens is 1. The average Bonchev–Trinajstić information content (AvgIpc) is 2.64. The van der Waals surface area contributed by atoms with E-state index in [0.717, 1.165) is 38.9 Å². The Morgan fingerprint density at radius 2 is 1.19 bits per heavy atom. The van der Waals surface area contributed by atoms with Crippen molar-refractivity contribution in [2.24, 2.45) is 10.8 Å². The first-order valence-electron chi connectivity index (χ1n) is 10.3. The third-order valence-corrected chi connectivity index (χ3v) is 7.10. The van der Waals surface area contributed by atoms with Gasteiger partial charge in [-0.3, -0.25) is 9.59 Å². The summed E-state index contributed by atoms with van der Waals surface area (Å²) in [6, 6.07) is 0. The van der Waals surface area contributed by atoms with E-state index in [2.05, 4.69) is 9.80 Å². The van der Waals surface area contributed by atoms with Gasteiger partial charge in [-0.25, -0.2) is 0 Å². The second-order valence-corrected chi connectivity index (χ2v) is 8.74. The molecule has 0 amide bonds. The quantitative estimate of drug-likeness (QED) is 0.713. The van der Waals surface area contributed by atoms with Crippen LogP contribution in [0, 0.1) is 10.8 Å². The molecule has 0 aromatic rings. The van der Waals surface area contributed by atoms with E-state index in [1.807, 2.05) is 6.92 Å². The molecule has 7 heteroatoms. The summed E-state index contributed by atoms with van der Waals surface area (Å²) in [7, 11) is 0. The minimum atomic E-state index is -0.620. The van der Waals surface area contributed by atoms with Gasteiger partial charge >= 0.3 is 11.9 Å². The van der Waals surface area contributed by atoms with Crippen LogP contribution in [0.1, 0.15) is 58.3 Å². The van der Waals surface area contributed by atoms with Crippen molar-refractivity contribution in [3.05, 3.63) is 0 Å². The van der Waals surface area contributed by atoms with Crippen LogP contribution in [0.15, 0.2) is 0 Å². The summed E-state index contributed by atoms with van der Waals surface area (Å²) >= 11 is 0. The highest BCUT2D eigenvalue weighted by Crippen LogP contribution is 2.43. The predicted molar refractivity (Wildman–Crippen MR) is 106 cm³/mol. The molecule has 0 aromatic carbocycles. The van der Waals surface area contributed by atoms with Gasteiger partial charge in [0.25, 0.3) is 0 Å². The lowest BCUT2D eigenvalue weighted by Crippen LogP contribution is -2.49. The summed E-state index contributed by atoms with van der Waals surface area (Å²) in [5.41, 5.74) is 0.460. The predicted octanol–water partition coefficient (Wildman–Crippen LogP) is 2.79. The zero-order valence-electron chi connectivity index (χ0n) is 16.6. The Hall–Kier alpha value is -0.850. The molecule has 1 N–H and O–H groups in total. The zero-order valence-corrected chi connectivity index (χ0v) is 17.4. The van der Waals surface area contributed by atoms with E-state index in [-0.39, 0.29) is 23.8 Å². The number of hydrogen-bond donors (Lipinski definition) is 1. The molecule has 4 bridgehead atoms. The van der Waals surface area contributed by atoms with Crippen LogP contribution in [-0.2, 0) is 14.3 Å². The Kier molecular flexibility index (Phi) is 7.95. The molecule has 6 aliphatic rings. The van der Waals surface area contributed by atoms with Gasteiger partial charge in [0.05, 0.1) is 19.4 Å². The Balaban J connectivity index is 0.000000189. The Labute approximate surface area is 169 Å². The third kappa shape index (κ3) is 5.81. The van der Waals surface area contributed by atoms with Gasteiger partial charge in [-0.1, -0.05) is 0 Å². The average molecular weight is 403 g/mol. The van der Waals surface area contributed by atoms with Crippen molar-refractivity contribution in [3.63, 3.8) is 0 Å². The van der Waals surface area contributed by atoms with Crippen LogP contribution in [0.2, 0.25) is 0 Å². The van der Waals surface area contributed by atoms with E-state index < -0.39 is 5.97 Å². The molecule has 0 aromatic heterocycles. The van der Waals surface area contributed by atoms with Crippen molar-refractivity contribution in [2.45, 2.75) is 58.3 Å². The van der Waals surface area contributed by atoms with Crippen molar-refractivity contribution in [1.82, 2.24) is 9.80 Å². The normalized spacial score (nSPS) is 36.2. The van der Waals surface area contributed by atoms with Crippen LogP contribution in [0.25, 0.3) is 0 Å². The fourth-order valence-corrected chi connectivity index (χ4v) is 5.16. The van der Waals surface area contributed by atoms with E-state index in [0.29, 0.717) is 24.9 Å². The number of carbonyl (C=O) groups excluding carboxylic acids is 1. The summed E-state index contributed by atoms with van der Waals surface area (Å²) in [4.78, 5) is 27.0. The van der Waals surface area contributed by atoms with Gasteiger partial charge in [0, 0.05) is 0 Å². The lowest BCUT2D eigenvalue weighted by Gasteiger charge is -2.48. The Bertz CT molecular complexity index is 485. The van der Waals surface area contributed by atoms with Crippen molar-refractivity contribution in [3.8, 4) is 0 Å². The number of ether oxygens (including phenoxy) is 1. The summed E-state index contributed by atoms with van der Waals surface area (Å²) in [6.45, 7) is 9.28. The zero-order chi connectivity index (χ0) is 18.6. The second kappa shape index (κ2) is 9.57. The van der Waals surface area contributed by atoms with E-state index in [1.54, 1.807) is 0 Å². The molecule has 27 heavy (non-hydrogen) atoms. The van der Waals surface area contributed by atoms with E-state index >= 15 is 0 Å². The summed E-state index contributed by atoms with van der Waals surface area (Å²) < 4.78 is 5.04. The number of aliphatic carboxylic acids is 1. The van der Waals surface area contributed by atoms with Gasteiger partial charge in [0.2, 0.25) is 0 Å². The maximum absolute atomic E-state index is 11.5. The van der Waals surface area contributed by atoms with E-state index in [4.69, 9.17) is 9.84 Å². The Morgan fingerprint density at radius 1 is 0.815 bits per heavy atom. The first kappa shape index (κ1) is 22.4. The monoisotopic (exact) mass is 402 g/mol. The fraction of sp³-hybridized carbons (Fsp3) is 0.900. The second-order valence-electron chi connectivity index (χ2n) is 8.74. The number of rotatable bonds is 5. The molecule has 0 aliphatic carbocycles. The maximum atomic E-state index is 11.5. The van der Waals surface area contributed by atoms with E-state index in [1.165, 1.54) is 38.9 Å². The highest BCUT2D eigenvalue weighted by atomic mass is 35.5. The molecule has 0 spiro atoms. The van der Waals surface area contributed by atoms with Crippen molar-refractivity contribution < 1.29 is 19.4 Å². The molecule has 0 radical (unpaired) electrons. The highest BCUT2D eigenvalue weighted by Gasteiger charge is 2.41. The van der Waals surface area contributed by atoms with Crippen LogP contribution >= 0.6 is 12.4 Å². The molecule has 0 saturated carbocycles. The number of piperidine rings is 6. The van der Waals surface area contributed by atoms with E-state index in [9.17, 15) is 9.59 Å². The number of carboxylic acids is 1.